The number of rotatable bonds is 6. The summed E-state index contributed by atoms with van der Waals surface area (Å²) in [5.74, 6) is 1.39. The van der Waals surface area contributed by atoms with Crippen molar-refractivity contribution in [3.63, 3.8) is 0 Å². The van der Waals surface area contributed by atoms with Crippen molar-refractivity contribution in [1.29, 1.82) is 0 Å². The van der Waals surface area contributed by atoms with Gasteiger partial charge in [-0.3, -0.25) is 4.98 Å². The highest BCUT2D eigenvalue weighted by Gasteiger charge is 2.22. The standard InChI is InChI=1S/C23H30FN/c1-3-5-17-7-10-19(11-8-17)20-12-14-23(25-16-20)21-13-9-18(6-4-2)15-22(21)24/h9,12-17,19H,3-8,10-11H2,1-2H3/t17-,19-. The van der Waals surface area contributed by atoms with Crippen LogP contribution in [0.5, 0.6) is 0 Å². The van der Waals surface area contributed by atoms with Crippen molar-refractivity contribution in [1.82, 2.24) is 4.98 Å². The Balaban J connectivity index is 1.68. The van der Waals surface area contributed by atoms with Crippen LogP contribution in [0.2, 0.25) is 0 Å². The van der Waals surface area contributed by atoms with Gasteiger partial charge in [-0.15, -0.1) is 0 Å². The van der Waals surface area contributed by atoms with Crippen molar-refractivity contribution in [3.8, 4) is 11.3 Å². The van der Waals surface area contributed by atoms with Gasteiger partial charge in [-0.1, -0.05) is 45.2 Å². The molecule has 0 spiro atoms. The summed E-state index contributed by atoms with van der Waals surface area (Å²) < 4.78 is 14.4. The summed E-state index contributed by atoms with van der Waals surface area (Å²) in [5.41, 5.74) is 3.73. The molecule has 1 aromatic heterocycles. The number of hydrogen-bond acceptors (Lipinski definition) is 1. The molecular formula is C23H30FN. The van der Waals surface area contributed by atoms with Gasteiger partial charge in [0.15, 0.2) is 0 Å². The van der Waals surface area contributed by atoms with E-state index >= 15 is 0 Å². The van der Waals surface area contributed by atoms with Crippen LogP contribution in [-0.2, 0) is 6.42 Å². The highest BCUT2D eigenvalue weighted by molar-refractivity contribution is 5.60. The second-order valence-corrected chi connectivity index (χ2v) is 7.55. The largest absolute Gasteiger partial charge is 0.256 e. The van der Waals surface area contributed by atoms with Gasteiger partial charge in [0.1, 0.15) is 5.82 Å². The maximum absolute atomic E-state index is 14.4. The Morgan fingerprint density at radius 1 is 1.00 bits per heavy atom. The molecule has 1 nitrogen and oxygen atoms in total. The molecule has 2 heteroatoms. The van der Waals surface area contributed by atoms with Crippen LogP contribution in [0, 0.1) is 11.7 Å². The van der Waals surface area contributed by atoms with Gasteiger partial charge in [0.25, 0.3) is 0 Å². The molecule has 0 saturated heterocycles. The highest BCUT2D eigenvalue weighted by Crippen LogP contribution is 2.37. The fraction of sp³-hybridized carbons (Fsp3) is 0.522. The lowest BCUT2D eigenvalue weighted by Gasteiger charge is -2.28. The zero-order chi connectivity index (χ0) is 17.6. The summed E-state index contributed by atoms with van der Waals surface area (Å²) in [4.78, 5) is 4.58. The summed E-state index contributed by atoms with van der Waals surface area (Å²) in [5, 5.41) is 0. The summed E-state index contributed by atoms with van der Waals surface area (Å²) in [6, 6.07) is 9.70. The van der Waals surface area contributed by atoms with Gasteiger partial charge in [0.05, 0.1) is 5.69 Å². The molecule has 1 fully saturated rings. The molecule has 0 aliphatic heterocycles. The highest BCUT2D eigenvalue weighted by atomic mass is 19.1. The fourth-order valence-electron chi connectivity index (χ4n) is 4.21. The van der Waals surface area contributed by atoms with Crippen LogP contribution >= 0.6 is 0 Å². The molecule has 0 unspecified atom stereocenters. The van der Waals surface area contributed by atoms with Crippen LogP contribution in [0.4, 0.5) is 4.39 Å². The van der Waals surface area contributed by atoms with Gasteiger partial charge >= 0.3 is 0 Å². The molecular weight excluding hydrogens is 309 g/mol. The Hall–Kier alpha value is -1.70. The fourth-order valence-corrected chi connectivity index (χ4v) is 4.21. The van der Waals surface area contributed by atoms with Crippen LogP contribution in [-0.4, -0.2) is 4.98 Å². The number of benzene rings is 1. The third-order valence-corrected chi connectivity index (χ3v) is 5.65. The van der Waals surface area contributed by atoms with E-state index in [1.54, 1.807) is 6.07 Å². The Bertz CT molecular complexity index is 669. The first-order valence-electron chi connectivity index (χ1n) is 9.96. The number of halogens is 1. The summed E-state index contributed by atoms with van der Waals surface area (Å²) in [6.45, 7) is 4.39. The quantitative estimate of drug-likeness (QED) is 0.557. The Morgan fingerprint density at radius 2 is 1.80 bits per heavy atom. The average molecular weight is 339 g/mol. The molecule has 1 aliphatic rings. The van der Waals surface area contributed by atoms with Crippen molar-refractivity contribution in [2.45, 2.75) is 71.1 Å². The topological polar surface area (TPSA) is 12.9 Å². The predicted molar refractivity (Wildman–Crippen MR) is 103 cm³/mol. The van der Waals surface area contributed by atoms with Crippen LogP contribution in [0.15, 0.2) is 36.5 Å². The Kier molecular flexibility index (Phi) is 6.23. The van der Waals surface area contributed by atoms with E-state index in [2.05, 4.69) is 24.9 Å². The van der Waals surface area contributed by atoms with E-state index in [0.29, 0.717) is 11.5 Å². The van der Waals surface area contributed by atoms with E-state index in [4.69, 9.17) is 0 Å². The van der Waals surface area contributed by atoms with Gasteiger partial charge < -0.3 is 0 Å². The SMILES string of the molecule is CCCc1ccc(-c2ccc([C@H]3CC[C@H](CCC)CC3)cn2)c(F)c1. The second kappa shape index (κ2) is 8.60. The van der Waals surface area contributed by atoms with Gasteiger partial charge in [0, 0.05) is 11.8 Å². The van der Waals surface area contributed by atoms with Crippen molar-refractivity contribution in [2.75, 3.05) is 0 Å². The first-order chi connectivity index (χ1) is 12.2. The Labute approximate surface area is 151 Å². The van der Waals surface area contributed by atoms with E-state index in [1.807, 2.05) is 24.4 Å². The molecule has 134 valence electrons. The van der Waals surface area contributed by atoms with Crippen LogP contribution in [0.25, 0.3) is 11.3 Å². The number of nitrogens with zero attached hydrogens (tertiary/aromatic N) is 1. The maximum Gasteiger partial charge on any atom is 0.132 e. The van der Waals surface area contributed by atoms with E-state index in [0.717, 1.165) is 30.0 Å². The minimum absolute atomic E-state index is 0.161. The monoisotopic (exact) mass is 339 g/mol. The predicted octanol–water partition coefficient (Wildman–Crippen LogP) is 6.91. The molecule has 1 heterocycles. The lowest BCUT2D eigenvalue weighted by Crippen LogP contribution is -2.13. The third-order valence-electron chi connectivity index (χ3n) is 5.65. The third kappa shape index (κ3) is 4.48. The van der Waals surface area contributed by atoms with Crippen molar-refractivity contribution in [3.05, 3.63) is 53.5 Å². The molecule has 0 bridgehead atoms. The van der Waals surface area contributed by atoms with E-state index in [1.165, 1.54) is 44.1 Å². The first kappa shape index (κ1) is 18.1. The van der Waals surface area contributed by atoms with Gasteiger partial charge in [-0.05, 0) is 73.3 Å². The molecule has 0 radical (unpaired) electrons. The molecule has 25 heavy (non-hydrogen) atoms. The van der Waals surface area contributed by atoms with Gasteiger partial charge in [0.2, 0.25) is 0 Å². The normalized spacial score (nSPS) is 20.6. The van der Waals surface area contributed by atoms with Crippen LogP contribution < -0.4 is 0 Å². The van der Waals surface area contributed by atoms with Crippen molar-refractivity contribution in [2.24, 2.45) is 5.92 Å². The zero-order valence-electron chi connectivity index (χ0n) is 15.6. The average Bonchev–Trinajstić information content (AvgIpc) is 2.63. The van der Waals surface area contributed by atoms with Crippen LogP contribution in [0.3, 0.4) is 0 Å². The van der Waals surface area contributed by atoms with E-state index < -0.39 is 0 Å². The lowest BCUT2D eigenvalue weighted by molar-refractivity contribution is 0.308. The lowest BCUT2D eigenvalue weighted by atomic mass is 9.77. The smallest absolute Gasteiger partial charge is 0.132 e. The van der Waals surface area contributed by atoms with E-state index in [9.17, 15) is 4.39 Å². The van der Waals surface area contributed by atoms with Gasteiger partial charge in [-0.2, -0.15) is 0 Å². The molecule has 0 N–H and O–H groups in total. The molecule has 2 aromatic rings. The minimum atomic E-state index is -0.161. The van der Waals surface area contributed by atoms with E-state index in [-0.39, 0.29) is 5.82 Å². The Morgan fingerprint density at radius 3 is 2.40 bits per heavy atom. The molecule has 1 aromatic carbocycles. The van der Waals surface area contributed by atoms with Crippen molar-refractivity contribution < 1.29 is 4.39 Å². The number of aromatic nitrogens is 1. The minimum Gasteiger partial charge on any atom is -0.256 e. The number of pyridine rings is 1. The summed E-state index contributed by atoms with van der Waals surface area (Å²) in [6.07, 6.45) is 11.8. The number of aryl methyl sites for hydroxylation is 1. The maximum atomic E-state index is 14.4. The second-order valence-electron chi connectivity index (χ2n) is 7.55. The molecule has 0 atom stereocenters. The van der Waals surface area contributed by atoms with Gasteiger partial charge in [-0.25, -0.2) is 4.39 Å². The molecule has 1 aliphatic carbocycles. The van der Waals surface area contributed by atoms with Crippen molar-refractivity contribution >= 4 is 0 Å². The zero-order valence-corrected chi connectivity index (χ0v) is 15.6. The molecule has 1 saturated carbocycles. The summed E-state index contributed by atoms with van der Waals surface area (Å²) in [7, 11) is 0. The summed E-state index contributed by atoms with van der Waals surface area (Å²) >= 11 is 0. The molecule has 0 amide bonds. The molecule has 3 rings (SSSR count). The van der Waals surface area contributed by atoms with Crippen LogP contribution in [0.1, 0.15) is 75.8 Å². The first-order valence-corrected chi connectivity index (χ1v) is 9.96. The number of hydrogen-bond donors (Lipinski definition) is 0.